The van der Waals surface area contributed by atoms with Crippen LogP contribution in [0, 0.1) is 0 Å². The smallest absolute Gasteiger partial charge is 0.305 e. The minimum absolute atomic E-state index is 0.0195. The van der Waals surface area contributed by atoms with Crippen molar-refractivity contribution in [3.8, 4) is 0 Å². The molecule has 20 heavy (non-hydrogen) atoms. The molecule has 0 saturated carbocycles. The monoisotopic (exact) mass is 297 g/mol. The SMILES string of the molecule is COC(=O)CCCNC(=O)CSc1ccc(CO)cc1. The van der Waals surface area contributed by atoms with E-state index in [1.807, 2.05) is 24.3 Å². The molecule has 0 radical (unpaired) electrons. The summed E-state index contributed by atoms with van der Waals surface area (Å²) in [5, 5.41) is 11.7. The molecule has 0 heterocycles. The fourth-order valence-corrected chi connectivity index (χ4v) is 2.18. The van der Waals surface area contributed by atoms with Gasteiger partial charge in [0.15, 0.2) is 0 Å². The molecule has 1 aromatic rings. The van der Waals surface area contributed by atoms with Crippen LogP contribution in [0.15, 0.2) is 29.2 Å². The van der Waals surface area contributed by atoms with Crippen LogP contribution in [-0.2, 0) is 20.9 Å². The molecule has 0 fully saturated rings. The number of aliphatic hydroxyl groups excluding tert-OH is 1. The second kappa shape index (κ2) is 9.39. The highest BCUT2D eigenvalue weighted by atomic mass is 32.2. The number of esters is 1. The average Bonchev–Trinajstić information content (AvgIpc) is 2.49. The van der Waals surface area contributed by atoms with Crippen LogP contribution in [0.5, 0.6) is 0 Å². The number of benzene rings is 1. The third-order valence-corrected chi connectivity index (χ3v) is 3.60. The largest absolute Gasteiger partial charge is 0.469 e. The molecule has 5 nitrogen and oxygen atoms in total. The molecule has 0 unspecified atom stereocenters. The average molecular weight is 297 g/mol. The Balaban J connectivity index is 2.17. The highest BCUT2D eigenvalue weighted by Gasteiger charge is 2.04. The molecule has 2 N–H and O–H groups in total. The lowest BCUT2D eigenvalue weighted by Crippen LogP contribution is -2.26. The molecule has 0 aliphatic rings. The molecule has 0 aromatic heterocycles. The Hall–Kier alpha value is -1.53. The highest BCUT2D eigenvalue weighted by molar-refractivity contribution is 8.00. The van der Waals surface area contributed by atoms with Gasteiger partial charge in [0, 0.05) is 17.9 Å². The number of hydrogen-bond donors (Lipinski definition) is 2. The summed E-state index contributed by atoms with van der Waals surface area (Å²) >= 11 is 1.43. The Labute approximate surface area is 122 Å². The minimum Gasteiger partial charge on any atom is -0.469 e. The Bertz CT molecular complexity index is 433. The van der Waals surface area contributed by atoms with Gasteiger partial charge in [-0.1, -0.05) is 12.1 Å². The van der Waals surface area contributed by atoms with Crippen LogP contribution in [-0.4, -0.2) is 36.4 Å². The van der Waals surface area contributed by atoms with Gasteiger partial charge in [0.25, 0.3) is 0 Å². The third-order valence-electron chi connectivity index (χ3n) is 2.58. The lowest BCUT2D eigenvalue weighted by atomic mass is 10.2. The lowest BCUT2D eigenvalue weighted by molar-refractivity contribution is -0.140. The number of thioether (sulfide) groups is 1. The van der Waals surface area contributed by atoms with E-state index in [-0.39, 0.29) is 18.5 Å². The van der Waals surface area contributed by atoms with Gasteiger partial charge < -0.3 is 15.2 Å². The Morgan fingerprint density at radius 3 is 2.60 bits per heavy atom. The Morgan fingerprint density at radius 1 is 1.30 bits per heavy atom. The number of methoxy groups -OCH3 is 1. The quantitative estimate of drug-likeness (QED) is 0.430. The second-order valence-corrected chi connectivity index (χ2v) is 5.17. The zero-order valence-corrected chi connectivity index (χ0v) is 12.2. The molecular weight excluding hydrogens is 278 g/mol. The standard InChI is InChI=1S/C14H19NO4S/c1-19-14(18)3-2-8-15-13(17)10-20-12-6-4-11(9-16)5-7-12/h4-7,16H,2-3,8-10H2,1H3,(H,15,17). The van der Waals surface area contributed by atoms with Crippen molar-refractivity contribution in [2.24, 2.45) is 0 Å². The van der Waals surface area contributed by atoms with Crippen molar-refractivity contribution in [1.29, 1.82) is 0 Å². The second-order valence-electron chi connectivity index (χ2n) is 4.12. The third kappa shape index (κ3) is 6.58. The van der Waals surface area contributed by atoms with Crippen LogP contribution in [0.4, 0.5) is 0 Å². The summed E-state index contributed by atoms with van der Waals surface area (Å²) in [7, 11) is 1.35. The molecule has 1 amide bonds. The zero-order chi connectivity index (χ0) is 14.8. The molecular formula is C14H19NO4S. The van der Waals surface area contributed by atoms with E-state index < -0.39 is 0 Å². The zero-order valence-electron chi connectivity index (χ0n) is 11.4. The molecule has 0 aliphatic carbocycles. The van der Waals surface area contributed by atoms with E-state index in [1.165, 1.54) is 18.9 Å². The van der Waals surface area contributed by atoms with Crippen molar-refractivity contribution in [1.82, 2.24) is 5.32 Å². The van der Waals surface area contributed by atoms with Crippen LogP contribution >= 0.6 is 11.8 Å². The van der Waals surface area contributed by atoms with E-state index in [0.29, 0.717) is 25.1 Å². The van der Waals surface area contributed by atoms with Crippen LogP contribution in [0.1, 0.15) is 18.4 Å². The molecule has 0 aliphatic heterocycles. The summed E-state index contributed by atoms with van der Waals surface area (Å²) in [4.78, 5) is 23.4. The number of nitrogens with one attached hydrogen (secondary N) is 1. The summed E-state index contributed by atoms with van der Waals surface area (Å²) in [5.74, 6) is 0.000146. The maximum absolute atomic E-state index is 11.6. The predicted octanol–water partition coefficient (Wildman–Crippen LogP) is 1.34. The number of carbonyl (C=O) groups excluding carboxylic acids is 2. The van der Waals surface area contributed by atoms with Crippen molar-refractivity contribution in [3.05, 3.63) is 29.8 Å². The van der Waals surface area contributed by atoms with E-state index in [4.69, 9.17) is 5.11 Å². The van der Waals surface area contributed by atoms with Gasteiger partial charge in [-0.2, -0.15) is 0 Å². The van der Waals surface area contributed by atoms with E-state index in [9.17, 15) is 9.59 Å². The maximum Gasteiger partial charge on any atom is 0.305 e. The van der Waals surface area contributed by atoms with Crippen molar-refractivity contribution in [3.63, 3.8) is 0 Å². The van der Waals surface area contributed by atoms with Gasteiger partial charge in [-0.25, -0.2) is 0 Å². The lowest BCUT2D eigenvalue weighted by Gasteiger charge is -2.05. The summed E-state index contributed by atoms with van der Waals surface area (Å²) < 4.78 is 4.51. The summed E-state index contributed by atoms with van der Waals surface area (Å²) in [5.41, 5.74) is 0.849. The Morgan fingerprint density at radius 2 is 2.00 bits per heavy atom. The summed E-state index contributed by atoms with van der Waals surface area (Å²) in [6.45, 7) is 0.490. The molecule has 0 atom stereocenters. The Kier molecular flexibility index (Phi) is 7.75. The fourth-order valence-electron chi connectivity index (χ4n) is 1.45. The van der Waals surface area contributed by atoms with Crippen LogP contribution in [0.3, 0.4) is 0 Å². The van der Waals surface area contributed by atoms with Crippen molar-refractivity contribution in [2.45, 2.75) is 24.3 Å². The van der Waals surface area contributed by atoms with Gasteiger partial charge in [-0.05, 0) is 24.1 Å². The number of aliphatic hydroxyl groups is 1. The molecule has 0 bridgehead atoms. The van der Waals surface area contributed by atoms with Gasteiger partial charge in [-0.3, -0.25) is 9.59 Å². The molecule has 0 spiro atoms. The van der Waals surface area contributed by atoms with E-state index in [0.717, 1.165) is 10.5 Å². The fraction of sp³-hybridized carbons (Fsp3) is 0.429. The minimum atomic E-state index is -0.266. The molecule has 6 heteroatoms. The maximum atomic E-state index is 11.6. The van der Waals surface area contributed by atoms with Gasteiger partial charge in [0.05, 0.1) is 19.5 Å². The topological polar surface area (TPSA) is 75.6 Å². The van der Waals surface area contributed by atoms with Gasteiger partial charge in [0.1, 0.15) is 0 Å². The van der Waals surface area contributed by atoms with Crippen molar-refractivity contribution in [2.75, 3.05) is 19.4 Å². The van der Waals surface area contributed by atoms with Crippen molar-refractivity contribution >= 4 is 23.6 Å². The van der Waals surface area contributed by atoms with Gasteiger partial charge in [0.2, 0.25) is 5.91 Å². The number of hydrogen-bond acceptors (Lipinski definition) is 5. The van der Waals surface area contributed by atoms with Crippen LogP contribution in [0.2, 0.25) is 0 Å². The van der Waals surface area contributed by atoms with Gasteiger partial charge in [-0.15, -0.1) is 11.8 Å². The van der Waals surface area contributed by atoms with E-state index in [1.54, 1.807) is 0 Å². The molecule has 1 rings (SSSR count). The van der Waals surface area contributed by atoms with Gasteiger partial charge >= 0.3 is 5.97 Å². The highest BCUT2D eigenvalue weighted by Crippen LogP contribution is 2.18. The van der Waals surface area contributed by atoms with Crippen LogP contribution in [0.25, 0.3) is 0 Å². The van der Waals surface area contributed by atoms with Crippen molar-refractivity contribution < 1.29 is 19.4 Å². The van der Waals surface area contributed by atoms with E-state index in [2.05, 4.69) is 10.1 Å². The van der Waals surface area contributed by atoms with Crippen LogP contribution < -0.4 is 5.32 Å². The first-order valence-electron chi connectivity index (χ1n) is 6.32. The molecule has 110 valence electrons. The molecule has 0 saturated heterocycles. The van der Waals surface area contributed by atoms with E-state index >= 15 is 0 Å². The first-order chi connectivity index (χ1) is 9.65. The normalized spacial score (nSPS) is 10.1. The molecule has 1 aromatic carbocycles. The predicted molar refractivity (Wildman–Crippen MR) is 77.3 cm³/mol. The summed E-state index contributed by atoms with van der Waals surface area (Å²) in [6.07, 6.45) is 0.890. The first kappa shape index (κ1) is 16.5. The number of amides is 1. The first-order valence-corrected chi connectivity index (χ1v) is 7.30. The summed E-state index contributed by atoms with van der Waals surface area (Å²) in [6, 6.07) is 7.41. The number of carbonyl (C=O) groups is 2. The number of ether oxygens (including phenoxy) is 1. The number of rotatable bonds is 8.